The van der Waals surface area contributed by atoms with E-state index in [0.717, 1.165) is 34.3 Å². The van der Waals surface area contributed by atoms with E-state index in [1.807, 2.05) is 30.3 Å². The number of nitrogens with one attached hydrogen (secondary N) is 1. The minimum absolute atomic E-state index is 0.154. The molecule has 0 aliphatic rings. The zero-order valence-electron chi connectivity index (χ0n) is 17.5. The fourth-order valence-corrected chi connectivity index (χ4v) is 4.22. The summed E-state index contributed by atoms with van der Waals surface area (Å²) in [5.41, 5.74) is 1.28. The Balaban J connectivity index is 1.69. The number of halogens is 2. The van der Waals surface area contributed by atoms with Gasteiger partial charge >= 0.3 is 0 Å². The Bertz CT molecular complexity index is 1190. The maximum atomic E-state index is 13.6. The molecule has 0 spiro atoms. The van der Waals surface area contributed by atoms with Crippen molar-refractivity contribution < 1.29 is 26.7 Å². The number of benzene rings is 3. The van der Waals surface area contributed by atoms with E-state index in [1.165, 1.54) is 6.92 Å². The summed E-state index contributed by atoms with van der Waals surface area (Å²) in [7, 11) is -3.96. The molecule has 1 atom stereocenters. The molecule has 0 fully saturated rings. The molecule has 1 N–H and O–H groups in total. The summed E-state index contributed by atoms with van der Waals surface area (Å²) in [6.45, 7) is 1.75. The molecule has 0 heterocycles. The van der Waals surface area contributed by atoms with Gasteiger partial charge in [0.05, 0.1) is 11.9 Å². The molecule has 3 rings (SSSR count). The highest BCUT2D eigenvalue weighted by atomic mass is 32.2. The first kappa shape index (κ1) is 23.2. The van der Waals surface area contributed by atoms with Crippen LogP contribution in [0, 0.1) is 11.6 Å². The Kier molecular flexibility index (Phi) is 7.09. The minimum atomic E-state index is -3.96. The van der Waals surface area contributed by atoms with Gasteiger partial charge in [0.1, 0.15) is 18.4 Å². The van der Waals surface area contributed by atoms with Gasteiger partial charge in [-0.2, -0.15) is 0 Å². The van der Waals surface area contributed by atoms with Gasteiger partial charge in [-0.25, -0.2) is 17.2 Å². The summed E-state index contributed by atoms with van der Waals surface area (Å²) in [5, 5.41) is 2.62. The quantitative estimate of drug-likeness (QED) is 0.543. The molecule has 0 bridgehead atoms. The standard InChI is InChI=1S/C23H22F2N2O4S/c1-16(27(32(2,29)30)19-10-13-21(24)22(25)14-19)23(28)26-18-8-11-20(12-9-18)31-15-17-6-4-3-5-7-17/h3-14,16H,15H2,1-2H3,(H,26,28)/t16-/m0/s1. The Labute approximate surface area is 185 Å². The van der Waals surface area contributed by atoms with Gasteiger partial charge in [-0.1, -0.05) is 30.3 Å². The van der Waals surface area contributed by atoms with Crippen LogP contribution in [0.25, 0.3) is 0 Å². The van der Waals surface area contributed by atoms with Gasteiger partial charge in [0.15, 0.2) is 11.6 Å². The van der Waals surface area contributed by atoms with Crippen LogP contribution >= 0.6 is 0 Å². The van der Waals surface area contributed by atoms with Crippen LogP contribution in [0.15, 0.2) is 72.8 Å². The largest absolute Gasteiger partial charge is 0.489 e. The molecule has 168 valence electrons. The van der Waals surface area contributed by atoms with Gasteiger partial charge in [0.2, 0.25) is 15.9 Å². The summed E-state index contributed by atoms with van der Waals surface area (Å²) in [6.07, 6.45) is 0.886. The van der Waals surface area contributed by atoms with E-state index in [1.54, 1.807) is 24.3 Å². The molecule has 1 amide bonds. The Morgan fingerprint density at radius 3 is 2.25 bits per heavy atom. The lowest BCUT2D eigenvalue weighted by Crippen LogP contribution is -2.45. The highest BCUT2D eigenvalue weighted by Crippen LogP contribution is 2.24. The number of ether oxygens (including phenoxy) is 1. The summed E-state index contributed by atoms with van der Waals surface area (Å²) in [5.74, 6) is -2.37. The molecular formula is C23H22F2N2O4S. The Morgan fingerprint density at radius 1 is 1.00 bits per heavy atom. The van der Waals surface area contributed by atoms with Crippen LogP contribution in [0.5, 0.6) is 5.75 Å². The van der Waals surface area contributed by atoms with Crippen molar-refractivity contribution in [3.63, 3.8) is 0 Å². The predicted molar refractivity (Wildman–Crippen MR) is 119 cm³/mol. The molecule has 3 aromatic carbocycles. The van der Waals surface area contributed by atoms with Gasteiger partial charge in [-0.3, -0.25) is 9.10 Å². The molecule has 32 heavy (non-hydrogen) atoms. The lowest BCUT2D eigenvalue weighted by molar-refractivity contribution is -0.116. The first-order valence-electron chi connectivity index (χ1n) is 9.67. The van der Waals surface area contributed by atoms with E-state index in [2.05, 4.69) is 5.32 Å². The number of nitrogens with zero attached hydrogens (tertiary/aromatic N) is 1. The lowest BCUT2D eigenvalue weighted by Gasteiger charge is -2.28. The molecule has 0 saturated heterocycles. The van der Waals surface area contributed by atoms with E-state index < -0.39 is 33.6 Å². The number of anilines is 2. The summed E-state index contributed by atoms with van der Waals surface area (Å²) in [4.78, 5) is 12.7. The zero-order valence-corrected chi connectivity index (χ0v) is 18.3. The summed E-state index contributed by atoms with van der Waals surface area (Å²) >= 11 is 0. The normalized spacial score (nSPS) is 12.1. The second-order valence-corrected chi connectivity index (χ2v) is 8.98. The van der Waals surface area contributed by atoms with Gasteiger partial charge in [-0.05, 0) is 48.9 Å². The van der Waals surface area contributed by atoms with E-state index in [4.69, 9.17) is 4.74 Å². The fourth-order valence-electron chi connectivity index (χ4n) is 3.05. The number of carbonyl (C=O) groups is 1. The molecule has 0 unspecified atom stereocenters. The number of hydrogen-bond acceptors (Lipinski definition) is 4. The maximum absolute atomic E-state index is 13.6. The van der Waals surface area contributed by atoms with E-state index in [-0.39, 0.29) is 5.69 Å². The topological polar surface area (TPSA) is 75.7 Å². The monoisotopic (exact) mass is 460 g/mol. The average molecular weight is 461 g/mol. The van der Waals surface area contributed by atoms with Crippen molar-refractivity contribution in [1.82, 2.24) is 0 Å². The molecular weight excluding hydrogens is 438 g/mol. The van der Waals surface area contributed by atoms with E-state index in [9.17, 15) is 22.0 Å². The Hall–Kier alpha value is -3.46. The number of amides is 1. The van der Waals surface area contributed by atoms with Crippen molar-refractivity contribution in [2.45, 2.75) is 19.6 Å². The molecule has 0 saturated carbocycles. The second-order valence-electron chi connectivity index (χ2n) is 7.12. The smallest absolute Gasteiger partial charge is 0.247 e. The maximum Gasteiger partial charge on any atom is 0.247 e. The highest BCUT2D eigenvalue weighted by Gasteiger charge is 2.29. The number of sulfonamides is 1. The van der Waals surface area contributed by atoms with E-state index in [0.29, 0.717) is 18.0 Å². The van der Waals surface area contributed by atoms with Crippen LogP contribution < -0.4 is 14.4 Å². The second kappa shape index (κ2) is 9.78. The van der Waals surface area contributed by atoms with Crippen LogP contribution in [0.2, 0.25) is 0 Å². The van der Waals surface area contributed by atoms with Crippen LogP contribution in [0.4, 0.5) is 20.2 Å². The third-order valence-electron chi connectivity index (χ3n) is 4.62. The molecule has 0 radical (unpaired) electrons. The van der Waals surface area contributed by atoms with Gasteiger partial charge in [-0.15, -0.1) is 0 Å². The number of carbonyl (C=O) groups excluding carboxylic acids is 1. The predicted octanol–water partition coefficient (Wildman–Crippen LogP) is 4.34. The Morgan fingerprint density at radius 2 is 1.66 bits per heavy atom. The van der Waals surface area contributed by atoms with Crippen LogP contribution in [0.1, 0.15) is 12.5 Å². The summed E-state index contributed by atoms with van der Waals surface area (Å²) < 4.78 is 57.9. The fraction of sp³-hybridized carbons (Fsp3) is 0.174. The van der Waals surface area contributed by atoms with Crippen molar-refractivity contribution in [1.29, 1.82) is 0 Å². The van der Waals surface area contributed by atoms with Crippen LogP contribution in [-0.4, -0.2) is 26.6 Å². The molecule has 9 heteroatoms. The molecule has 0 aromatic heterocycles. The van der Waals surface area contributed by atoms with Crippen molar-refractivity contribution >= 4 is 27.3 Å². The first-order valence-corrected chi connectivity index (χ1v) is 11.5. The SMILES string of the molecule is C[C@@H](C(=O)Nc1ccc(OCc2ccccc2)cc1)N(c1ccc(F)c(F)c1)S(C)(=O)=O. The van der Waals surface area contributed by atoms with Crippen molar-refractivity contribution in [3.8, 4) is 5.75 Å². The number of rotatable bonds is 8. The number of hydrogen-bond donors (Lipinski definition) is 1. The zero-order chi connectivity index (χ0) is 23.3. The van der Waals surface area contributed by atoms with Crippen molar-refractivity contribution in [2.75, 3.05) is 15.9 Å². The van der Waals surface area contributed by atoms with Crippen molar-refractivity contribution in [3.05, 3.63) is 90.0 Å². The highest BCUT2D eigenvalue weighted by molar-refractivity contribution is 7.92. The average Bonchev–Trinajstić information content (AvgIpc) is 2.75. The van der Waals surface area contributed by atoms with Gasteiger partial charge in [0, 0.05) is 11.8 Å². The van der Waals surface area contributed by atoms with Crippen molar-refractivity contribution in [2.24, 2.45) is 0 Å². The molecule has 0 aliphatic heterocycles. The minimum Gasteiger partial charge on any atom is -0.489 e. The first-order chi connectivity index (χ1) is 15.1. The third-order valence-corrected chi connectivity index (χ3v) is 5.86. The lowest BCUT2D eigenvalue weighted by atomic mass is 10.2. The molecule has 6 nitrogen and oxygen atoms in total. The van der Waals surface area contributed by atoms with Crippen LogP contribution in [-0.2, 0) is 21.4 Å². The van der Waals surface area contributed by atoms with Gasteiger partial charge < -0.3 is 10.1 Å². The van der Waals surface area contributed by atoms with Crippen LogP contribution in [0.3, 0.4) is 0 Å². The third kappa shape index (κ3) is 5.82. The van der Waals surface area contributed by atoms with E-state index >= 15 is 0 Å². The molecule has 0 aliphatic carbocycles. The summed E-state index contributed by atoms with van der Waals surface area (Å²) in [6, 6.07) is 17.6. The van der Waals surface area contributed by atoms with Gasteiger partial charge in [0.25, 0.3) is 0 Å². The molecule has 3 aromatic rings.